The second-order valence-corrected chi connectivity index (χ2v) is 4.02. The van der Waals surface area contributed by atoms with Crippen LogP contribution in [-0.4, -0.2) is 39.7 Å². The van der Waals surface area contributed by atoms with Crippen molar-refractivity contribution in [2.24, 2.45) is 5.73 Å². The van der Waals surface area contributed by atoms with Gasteiger partial charge in [-0.1, -0.05) is 0 Å². The van der Waals surface area contributed by atoms with E-state index in [0.29, 0.717) is 0 Å². The first-order valence-electron chi connectivity index (χ1n) is 3.74. The lowest BCUT2D eigenvalue weighted by Crippen LogP contribution is -2.66. The van der Waals surface area contributed by atoms with Crippen LogP contribution in [0.5, 0.6) is 0 Å². The molecule has 2 aliphatic rings. The molecule has 4 nitrogen and oxygen atoms in total. The molecule has 0 saturated carbocycles. The Morgan fingerprint density at radius 2 is 2.58 bits per heavy atom. The van der Waals surface area contributed by atoms with Crippen molar-refractivity contribution < 1.29 is 9.90 Å². The summed E-state index contributed by atoms with van der Waals surface area (Å²) in [5.41, 5.74) is 6.45. The summed E-state index contributed by atoms with van der Waals surface area (Å²) in [5.74, 6) is 0.733. The molecule has 1 fully saturated rings. The Morgan fingerprint density at radius 1 is 1.83 bits per heavy atom. The first-order chi connectivity index (χ1) is 5.74. The fourth-order valence-electron chi connectivity index (χ4n) is 1.34. The Kier molecular flexibility index (Phi) is 1.86. The molecular formula is C7H10N2O2S. The number of nitrogens with zero attached hydrogens (tertiary/aromatic N) is 1. The van der Waals surface area contributed by atoms with Crippen LogP contribution < -0.4 is 5.73 Å². The van der Waals surface area contributed by atoms with Crippen LogP contribution in [0.25, 0.3) is 0 Å². The van der Waals surface area contributed by atoms with Crippen molar-refractivity contribution in [3.05, 3.63) is 11.8 Å². The molecule has 0 aliphatic carbocycles. The van der Waals surface area contributed by atoms with Crippen LogP contribution in [0.15, 0.2) is 11.8 Å². The maximum Gasteiger partial charge on any atom is 0.247 e. The molecule has 0 aromatic carbocycles. The highest BCUT2D eigenvalue weighted by atomic mass is 32.2. The molecule has 5 heteroatoms. The first-order valence-corrected chi connectivity index (χ1v) is 4.78. The zero-order valence-electron chi connectivity index (χ0n) is 6.43. The molecule has 0 aromatic rings. The average Bonchev–Trinajstić information content (AvgIpc) is 2.15. The molecule has 2 aliphatic heterocycles. The molecule has 1 saturated heterocycles. The van der Waals surface area contributed by atoms with Gasteiger partial charge in [-0.05, 0) is 5.57 Å². The highest BCUT2D eigenvalue weighted by Gasteiger charge is 2.45. The van der Waals surface area contributed by atoms with E-state index in [1.807, 2.05) is 0 Å². The van der Waals surface area contributed by atoms with Gasteiger partial charge < -0.3 is 15.7 Å². The molecule has 66 valence electrons. The van der Waals surface area contributed by atoms with E-state index in [9.17, 15) is 4.79 Å². The van der Waals surface area contributed by atoms with E-state index in [-0.39, 0.29) is 23.9 Å². The maximum absolute atomic E-state index is 11.1. The van der Waals surface area contributed by atoms with Crippen molar-refractivity contribution in [2.45, 2.75) is 11.4 Å². The SMILES string of the molecule is NC1C(=O)N2C=C(CO)CSC12. The Bertz CT molecular complexity index is 254. The molecule has 1 amide bonds. The van der Waals surface area contributed by atoms with Gasteiger partial charge in [0.2, 0.25) is 5.91 Å². The van der Waals surface area contributed by atoms with Gasteiger partial charge in [0.15, 0.2) is 0 Å². The number of carbonyl (C=O) groups excluding carboxylic acids is 1. The number of aliphatic hydroxyl groups is 1. The third-order valence-electron chi connectivity index (χ3n) is 2.09. The number of fused-ring (bicyclic) bond motifs is 1. The fraction of sp³-hybridized carbons (Fsp3) is 0.571. The molecule has 2 rings (SSSR count). The molecule has 0 bridgehead atoms. The zero-order chi connectivity index (χ0) is 8.72. The van der Waals surface area contributed by atoms with Crippen LogP contribution in [-0.2, 0) is 4.79 Å². The summed E-state index contributed by atoms with van der Waals surface area (Å²) in [6.07, 6.45) is 1.72. The molecule has 2 unspecified atom stereocenters. The maximum atomic E-state index is 11.1. The van der Waals surface area contributed by atoms with Crippen molar-refractivity contribution in [2.75, 3.05) is 12.4 Å². The van der Waals surface area contributed by atoms with Gasteiger partial charge in [0.05, 0.1) is 6.61 Å². The largest absolute Gasteiger partial charge is 0.392 e. The molecule has 0 spiro atoms. The standard InChI is InChI=1S/C7H10N2O2S/c8-5-6(11)9-1-4(2-10)3-12-7(5)9/h1,5,7,10H,2-3,8H2. The van der Waals surface area contributed by atoms with Crippen LogP contribution in [0.2, 0.25) is 0 Å². The van der Waals surface area contributed by atoms with Crippen molar-refractivity contribution in [3.8, 4) is 0 Å². The third-order valence-corrected chi connectivity index (χ3v) is 3.48. The van der Waals surface area contributed by atoms with Crippen molar-refractivity contribution >= 4 is 17.7 Å². The van der Waals surface area contributed by atoms with Crippen molar-refractivity contribution in [1.82, 2.24) is 4.90 Å². The minimum absolute atomic E-state index is 0.0265. The fourth-order valence-corrected chi connectivity index (χ4v) is 2.54. The summed E-state index contributed by atoms with van der Waals surface area (Å²) >= 11 is 1.61. The predicted octanol–water partition coefficient (Wildman–Crippen LogP) is -0.895. The Morgan fingerprint density at radius 3 is 3.25 bits per heavy atom. The smallest absolute Gasteiger partial charge is 0.247 e. The van der Waals surface area contributed by atoms with Gasteiger partial charge in [-0.25, -0.2) is 0 Å². The van der Waals surface area contributed by atoms with E-state index in [4.69, 9.17) is 10.8 Å². The summed E-state index contributed by atoms with van der Waals surface area (Å²) in [5, 5.41) is 8.92. The number of β-lactam (4-membered cyclic amide) rings is 1. The number of amides is 1. The van der Waals surface area contributed by atoms with E-state index in [2.05, 4.69) is 0 Å². The number of hydrogen-bond acceptors (Lipinski definition) is 4. The second-order valence-electron chi connectivity index (χ2n) is 2.92. The number of hydrogen-bond donors (Lipinski definition) is 2. The first kappa shape index (κ1) is 8.10. The van der Waals surface area contributed by atoms with Crippen LogP contribution in [0, 0.1) is 0 Å². The van der Waals surface area contributed by atoms with Crippen molar-refractivity contribution in [1.29, 1.82) is 0 Å². The van der Waals surface area contributed by atoms with Crippen LogP contribution in [0.1, 0.15) is 0 Å². The molecule has 12 heavy (non-hydrogen) atoms. The Labute approximate surface area is 74.4 Å². The number of thioether (sulfide) groups is 1. The van der Waals surface area contributed by atoms with E-state index < -0.39 is 0 Å². The molecule has 2 heterocycles. The Hall–Kier alpha value is -0.520. The summed E-state index contributed by atoms with van der Waals surface area (Å²) in [4.78, 5) is 12.7. The molecule has 0 aromatic heterocycles. The van der Waals surface area contributed by atoms with Crippen LogP contribution in [0.4, 0.5) is 0 Å². The van der Waals surface area contributed by atoms with Gasteiger partial charge in [0.25, 0.3) is 0 Å². The van der Waals surface area contributed by atoms with Gasteiger partial charge >= 0.3 is 0 Å². The van der Waals surface area contributed by atoms with E-state index >= 15 is 0 Å². The highest BCUT2D eigenvalue weighted by molar-refractivity contribution is 8.00. The number of carbonyl (C=O) groups is 1. The number of aliphatic hydroxyl groups excluding tert-OH is 1. The van der Waals surface area contributed by atoms with Gasteiger partial charge in [-0.2, -0.15) is 0 Å². The second kappa shape index (κ2) is 2.76. The van der Waals surface area contributed by atoms with Gasteiger partial charge in [-0.3, -0.25) is 4.79 Å². The summed E-state index contributed by atoms with van der Waals surface area (Å²) in [6, 6.07) is -0.341. The minimum atomic E-state index is -0.341. The van der Waals surface area contributed by atoms with Gasteiger partial charge in [0.1, 0.15) is 11.4 Å². The summed E-state index contributed by atoms with van der Waals surface area (Å²) < 4.78 is 0. The molecule has 0 radical (unpaired) electrons. The molecule has 3 N–H and O–H groups in total. The van der Waals surface area contributed by atoms with E-state index in [1.165, 1.54) is 0 Å². The highest BCUT2D eigenvalue weighted by Crippen LogP contribution is 2.34. The topological polar surface area (TPSA) is 66.6 Å². The summed E-state index contributed by atoms with van der Waals surface area (Å²) in [7, 11) is 0. The lowest BCUT2D eigenvalue weighted by atomic mass is 10.1. The monoisotopic (exact) mass is 186 g/mol. The van der Waals surface area contributed by atoms with E-state index in [1.54, 1.807) is 22.9 Å². The average molecular weight is 186 g/mol. The molecule has 2 atom stereocenters. The number of rotatable bonds is 1. The van der Waals surface area contributed by atoms with Crippen molar-refractivity contribution in [3.63, 3.8) is 0 Å². The lowest BCUT2D eigenvalue weighted by molar-refractivity contribution is -0.140. The predicted molar refractivity (Wildman–Crippen MR) is 46.2 cm³/mol. The van der Waals surface area contributed by atoms with Gasteiger partial charge in [-0.15, -0.1) is 11.8 Å². The normalized spacial score (nSPS) is 34.0. The zero-order valence-corrected chi connectivity index (χ0v) is 7.25. The van der Waals surface area contributed by atoms with Crippen LogP contribution >= 0.6 is 11.8 Å². The van der Waals surface area contributed by atoms with Crippen LogP contribution in [0.3, 0.4) is 0 Å². The minimum Gasteiger partial charge on any atom is -0.392 e. The number of nitrogens with two attached hydrogens (primary N) is 1. The quantitative estimate of drug-likeness (QED) is 0.521. The van der Waals surface area contributed by atoms with Gasteiger partial charge in [0, 0.05) is 12.0 Å². The Balaban J connectivity index is 2.15. The third kappa shape index (κ3) is 0.972. The molecular weight excluding hydrogens is 176 g/mol. The van der Waals surface area contributed by atoms with E-state index in [0.717, 1.165) is 11.3 Å². The summed E-state index contributed by atoms with van der Waals surface area (Å²) in [6.45, 7) is 0.0265. The lowest BCUT2D eigenvalue weighted by Gasteiger charge is -2.45.